The van der Waals surface area contributed by atoms with Gasteiger partial charge in [0.05, 0.1) is 0 Å². The number of para-hydroxylation sites is 1. The summed E-state index contributed by atoms with van der Waals surface area (Å²) in [7, 11) is 0. The molecule has 3 nitrogen and oxygen atoms in total. The molecule has 0 aromatic heterocycles. The Bertz CT molecular complexity index is 412. The average Bonchev–Trinajstić information content (AvgIpc) is 2.41. The average molecular weight is 245 g/mol. The van der Waals surface area contributed by atoms with Crippen molar-refractivity contribution in [2.75, 3.05) is 6.54 Å². The third kappa shape index (κ3) is 4.24. The van der Waals surface area contributed by atoms with Crippen LogP contribution in [-0.2, 0) is 0 Å². The quantitative estimate of drug-likeness (QED) is 0.822. The van der Waals surface area contributed by atoms with E-state index >= 15 is 0 Å². The number of nitrogens with one attached hydrogen (secondary N) is 1. The van der Waals surface area contributed by atoms with Gasteiger partial charge in [-0.1, -0.05) is 29.8 Å². The molecule has 1 N–H and O–H groups in total. The lowest BCUT2D eigenvalue weighted by Gasteiger charge is -2.12. The fourth-order valence-electron chi connectivity index (χ4n) is 2.09. The Morgan fingerprint density at radius 3 is 2.78 bits per heavy atom. The van der Waals surface area contributed by atoms with Crippen LogP contribution in [-0.4, -0.2) is 12.6 Å². The predicted octanol–water partition coefficient (Wildman–Crippen LogP) is 3.67. The lowest BCUT2D eigenvalue weighted by Crippen LogP contribution is -2.28. The Labute approximate surface area is 108 Å². The highest BCUT2D eigenvalue weighted by Crippen LogP contribution is 2.19. The summed E-state index contributed by atoms with van der Waals surface area (Å²) in [6, 6.07) is 9.11. The molecule has 0 radical (unpaired) electrons. The molecule has 1 aromatic rings. The maximum atomic E-state index is 11.5. The molecular formula is C15H19NO2. The van der Waals surface area contributed by atoms with Crippen molar-refractivity contribution < 1.29 is 9.53 Å². The third-order valence-corrected chi connectivity index (χ3v) is 3.05. The van der Waals surface area contributed by atoms with Crippen molar-refractivity contribution in [2.45, 2.75) is 32.1 Å². The topological polar surface area (TPSA) is 38.3 Å². The molecule has 0 saturated carbocycles. The van der Waals surface area contributed by atoms with E-state index in [0.717, 1.165) is 6.42 Å². The maximum Gasteiger partial charge on any atom is 0.412 e. The monoisotopic (exact) mass is 245 g/mol. The van der Waals surface area contributed by atoms with Crippen LogP contribution in [0.2, 0.25) is 0 Å². The van der Waals surface area contributed by atoms with E-state index < -0.39 is 0 Å². The predicted molar refractivity (Wildman–Crippen MR) is 71.6 cm³/mol. The van der Waals surface area contributed by atoms with Gasteiger partial charge in [-0.3, -0.25) is 0 Å². The fourth-order valence-corrected chi connectivity index (χ4v) is 2.09. The lowest BCUT2D eigenvalue weighted by atomic mass is 9.97. The van der Waals surface area contributed by atoms with Crippen LogP contribution in [0.1, 0.15) is 32.1 Å². The first-order valence-corrected chi connectivity index (χ1v) is 6.53. The van der Waals surface area contributed by atoms with Gasteiger partial charge in [0.1, 0.15) is 5.75 Å². The fraction of sp³-hybridized carbons (Fsp3) is 0.400. The second-order valence-corrected chi connectivity index (χ2v) is 4.49. The number of carbonyl (C=O) groups is 1. The number of amides is 1. The van der Waals surface area contributed by atoms with E-state index in [9.17, 15) is 4.79 Å². The largest absolute Gasteiger partial charge is 0.412 e. The van der Waals surface area contributed by atoms with Crippen LogP contribution in [0.4, 0.5) is 4.79 Å². The van der Waals surface area contributed by atoms with Crippen molar-refractivity contribution in [3.8, 4) is 5.75 Å². The second kappa shape index (κ2) is 6.84. The van der Waals surface area contributed by atoms with Crippen molar-refractivity contribution in [3.63, 3.8) is 0 Å². The highest BCUT2D eigenvalue weighted by molar-refractivity contribution is 5.70. The van der Waals surface area contributed by atoms with Crippen LogP contribution >= 0.6 is 0 Å². The highest BCUT2D eigenvalue weighted by atomic mass is 16.5. The molecule has 0 bridgehead atoms. The Balaban J connectivity index is 1.67. The zero-order valence-electron chi connectivity index (χ0n) is 10.5. The number of rotatable bonds is 4. The minimum atomic E-state index is -0.377. The lowest BCUT2D eigenvalue weighted by molar-refractivity contribution is 0.200. The molecule has 0 atom stereocenters. The van der Waals surface area contributed by atoms with Crippen LogP contribution in [0.15, 0.2) is 42.0 Å². The minimum Gasteiger partial charge on any atom is -0.410 e. The first kappa shape index (κ1) is 12.7. The Morgan fingerprint density at radius 1 is 1.22 bits per heavy atom. The number of hydrogen-bond donors (Lipinski definition) is 1. The molecule has 1 aliphatic carbocycles. The van der Waals surface area contributed by atoms with E-state index in [-0.39, 0.29) is 6.09 Å². The zero-order valence-corrected chi connectivity index (χ0v) is 10.5. The Hall–Kier alpha value is -1.77. The molecule has 1 aromatic carbocycles. The third-order valence-electron chi connectivity index (χ3n) is 3.05. The Kier molecular flexibility index (Phi) is 4.82. The van der Waals surface area contributed by atoms with E-state index in [1.165, 1.54) is 31.3 Å². The summed E-state index contributed by atoms with van der Waals surface area (Å²) in [6.45, 7) is 0.650. The number of benzene rings is 1. The van der Waals surface area contributed by atoms with Crippen molar-refractivity contribution >= 4 is 6.09 Å². The van der Waals surface area contributed by atoms with E-state index in [0.29, 0.717) is 12.3 Å². The summed E-state index contributed by atoms with van der Waals surface area (Å²) in [5.41, 5.74) is 1.46. The van der Waals surface area contributed by atoms with E-state index in [1.807, 2.05) is 18.2 Å². The van der Waals surface area contributed by atoms with Crippen molar-refractivity contribution in [1.82, 2.24) is 5.32 Å². The van der Waals surface area contributed by atoms with Crippen LogP contribution in [0.3, 0.4) is 0 Å². The molecule has 0 heterocycles. The number of allylic oxidation sites excluding steroid dienone is 1. The van der Waals surface area contributed by atoms with Gasteiger partial charge in [-0.2, -0.15) is 0 Å². The summed E-state index contributed by atoms with van der Waals surface area (Å²) < 4.78 is 5.13. The maximum absolute atomic E-state index is 11.5. The van der Waals surface area contributed by atoms with E-state index in [1.54, 1.807) is 12.1 Å². The summed E-state index contributed by atoms with van der Waals surface area (Å²) in [4.78, 5) is 11.5. The van der Waals surface area contributed by atoms with Gasteiger partial charge in [0, 0.05) is 6.54 Å². The van der Waals surface area contributed by atoms with Gasteiger partial charge in [0.15, 0.2) is 0 Å². The number of carbonyl (C=O) groups excluding carboxylic acids is 1. The Morgan fingerprint density at radius 2 is 2.06 bits per heavy atom. The molecule has 2 rings (SSSR count). The summed E-state index contributed by atoms with van der Waals surface area (Å²) >= 11 is 0. The number of ether oxygens (including phenoxy) is 1. The zero-order chi connectivity index (χ0) is 12.6. The molecule has 96 valence electrons. The molecule has 0 saturated heterocycles. The van der Waals surface area contributed by atoms with Gasteiger partial charge in [-0.05, 0) is 44.2 Å². The van der Waals surface area contributed by atoms with Gasteiger partial charge < -0.3 is 10.1 Å². The van der Waals surface area contributed by atoms with Crippen molar-refractivity contribution in [3.05, 3.63) is 42.0 Å². The molecule has 3 heteroatoms. The van der Waals surface area contributed by atoms with Gasteiger partial charge in [0.25, 0.3) is 0 Å². The molecule has 1 amide bonds. The molecule has 0 unspecified atom stereocenters. The van der Waals surface area contributed by atoms with E-state index in [4.69, 9.17) is 4.74 Å². The van der Waals surface area contributed by atoms with Crippen LogP contribution in [0, 0.1) is 0 Å². The number of hydrogen-bond acceptors (Lipinski definition) is 2. The van der Waals surface area contributed by atoms with Crippen LogP contribution < -0.4 is 10.1 Å². The van der Waals surface area contributed by atoms with Gasteiger partial charge in [-0.25, -0.2) is 4.79 Å². The molecule has 0 aliphatic heterocycles. The minimum absolute atomic E-state index is 0.377. The molecular weight excluding hydrogens is 226 g/mol. The van der Waals surface area contributed by atoms with Gasteiger partial charge in [0.2, 0.25) is 0 Å². The molecule has 0 fully saturated rings. The van der Waals surface area contributed by atoms with Crippen molar-refractivity contribution in [1.29, 1.82) is 0 Å². The first-order chi connectivity index (χ1) is 8.84. The van der Waals surface area contributed by atoms with Crippen molar-refractivity contribution in [2.24, 2.45) is 0 Å². The normalized spacial score (nSPS) is 14.8. The smallest absolute Gasteiger partial charge is 0.410 e. The second-order valence-electron chi connectivity index (χ2n) is 4.49. The standard InChI is InChI=1S/C15H19NO2/c17-15(18-14-9-5-2-6-10-14)16-12-11-13-7-3-1-4-8-13/h2,5-7,9-10H,1,3-4,8,11-12H2,(H,16,17). The first-order valence-electron chi connectivity index (χ1n) is 6.53. The summed E-state index contributed by atoms with van der Waals surface area (Å²) in [5, 5.41) is 2.78. The van der Waals surface area contributed by atoms with E-state index in [2.05, 4.69) is 11.4 Å². The molecule has 18 heavy (non-hydrogen) atoms. The molecule has 0 spiro atoms. The summed E-state index contributed by atoms with van der Waals surface area (Å²) in [5.74, 6) is 0.576. The van der Waals surface area contributed by atoms with Gasteiger partial charge in [-0.15, -0.1) is 0 Å². The summed E-state index contributed by atoms with van der Waals surface area (Å²) in [6.07, 6.45) is 7.79. The molecule has 1 aliphatic rings. The van der Waals surface area contributed by atoms with Gasteiger partial charge >= 0.3 is 6.09 Å². The van der Waals surface area contributed by atoms with Crippen LogP contribution in [0.5, 0.6) is 5.75 Å². The van der Waals surface area contributed by atoms with Crippen LogP contribution in [0.25, 0.3) is 0 Å². The SMILES string of the molecule is O=C(NCCC1=CCCCC1)Oc1ccccc1. The highest BCUT2D eigenvalue weighted by Gasteiger charge is 2.06.